The predicted octanol–water partition coefficient (Wildman–Crippen LogP) is 1.25. The van der Waals surface area contributed by atoms with Crippen LogP contribution in [0.3, 0.4) is 0 Å². The minimum atomic E-state index is -1.46. The second-order valence-corrected chi connectivity index (χ2v) is 7.94. The first-order valence-corrected chi connectivity index (χ1v) is 10.7. The molecular weight excluding hydrogens is 436 g/mol. The molecule has 0 N–H and O–H groups in total. The van der Waals surface area contributed by atoms with E-state index in [2.05, 4.69) is 6.07 Å². The maximum atomic E-state index is 12.5. The molecule has 1 aromatic rings. The van der Waals surface area contributed by atoms with E-state index in [0.29, 0.717) is 12.8 Å². The number of hydrogen-bond donors (Lipinski definition) is 0. The number of esters is 4. The van der Waals surface area contributed by atoms with Gasteiger partial charge in [0.2, 0.25) is 0 Å². The molecule has 6 atom stereocenters. The van der Waals surface area contributed by atoms with Gasteiger partial charge in [-0.25, -0.2) is 4.79 Å². The van der Waals surface area contributed by atoms with Crippen LogP contribution in [-0.4, -0.2) is 67.8 Å². The minimum Gasteiger partial charge on any atom is -0.467 e. The number of rotatable bonds is 6. The lowest BCUT2D eigenvalue weighted by Crippen LogP contribution is -2.64. The van der Waals surface area contributed by atoms with Gasteiger partial charge in [0, 0.05) is 20.8 Å². The zero-order chi connectivity index (χ0) is 24.1. The first kappa shape index (κ1) is 24.7. The van der Waals surface area contributed by atoms with E-state index in [9.17, 15) is 19.2 Å². The molecule has 0 saturated carbocycles. The average Bonchev–Trinajstić information content (AvgIpc) is 2.76. The van der Waals surface area contributed by atoms with Crippen LogP contribution in [0.4, 0.5) is 0 Å². The van der Waals surface area contributed by atoms with Crippen molar-refractivity contribution in [1.29, 1.82) is 0 Å². The number of aryl methyl sites for hydroxylation is 1. The van der Waals surface area contributed by atoms with Crippen LogP contribution in [0.1, 0.15) is 38.3 Å². The van der Waals surface area contributed by atoms with Gasteiger partial charge in [-0.2, -0.15) is 0 Å². The van der Waals surface area contributed by atoms with E-state index < -0.39 is 54.6 Å². The standard InChI is InChI=1S/C23H28O10/c1-12(24)29-18-19(30-13(2)25)21(31-14(3)26)23(33-20(18)22(27)28-4)32-17-10-9-15-7-5-6-8-16(15)11-17/h5-8,17-21,23H,9-11H2,1-4H3. The molecule has 1 aliphatic carbocycles. The largest absolute Gasteiger partial charge is 0.467 e. The number of methoxy groups -OCH3 is 1. The van der Waals surface area contributed by atoms with E-state index in [0.717, 1.165) is 32.9 Å². The molecule has 1 aromatic carbocycles. The van der Waals surface area contributed by atoms with Gasteiger partial charge in [-0.05, 0) is 30.4 Å². The van der Waals surface area contributed by atoms with E-state index in [1.165, 1.54) is 12.5 Å². The Morgan fingerprint density at radius 3 is 2.03 bits per heavy atom. The van der Waals surface area contributed by atoms with Crippen LogP contribution in [-0.2, 0) is 60.4 Å². The van der Waals surface area contributed by atoms with Gasteiger partial charge in [0.15, 0.2) is 30.7 Å². The fourth-order valence-electron chi connectivity index (χ4n) is 4.16. The van der Waals surface area contributed by atoms with Crippen molar-refractivity contribution in [3.63, 3.8) is 0 Å². The molecule has 10 nitrogen and oxygen atoms in total. The van der Waals surface area contributed by atoms with Crippen LogP contribution in [0, 0.1) is 0 Å². The molecule has 1 fully saturated rings. The van der Waals surface area contributed by atoms with Gasteiger partial charge in [-0.1, -0.05) is 24.3 Å². The van der Waals surface area contributed by atoms with Crippen molar-refractivity contribution >= 4 is 23.9 Å². The van der Waals surface area contributed by atoms with Gasteiger partial charge >= 0.3 is 23.9 Å². The molecule has 2 aliphatic rings. The third-order valence-electron chi connectivity index (χ3n) is 5.46. The highest BCUT2D eigenvalue weighted by molar-refractivity contribution is 5.77. The molecule has 0 radical (unpaired) electrons. The first-order valence-electron chi connectivity index (χ1n) is 10.7. The van der Waals surface area contributed by atoms with Gasteiger partial charge < -0.3 is 28.4 Å². The SMILES string of the molecule is COC(=O)C1OC(OC2CCc3ccccc3C2)C(OC(C)=O)C(OC(C)=O)C1OC(C)=O. The summed E-state index contributed by atoms with van der Waals surface area (Å²) < 4.78 is 32.8. The van der Waals surface area contributed by atoms with Crippen molar-refractivity contribution in [3.8, 4) is 0 Å². The predicted molar refractivity (Wildman–Crippen MR) is 111 cm³/mol. The van der Waals surface area contributed by atoms with Crippen molar-refractivity contribution < 1.29 is 47.6 Å². The van der Waals surface area contributed by atoms with Gasteiger partial charge in [0.25, 0.3) is 0 Å². The van der Waals surface area contributed by atoms with Crippen LogP contribution in [0.2, 0.25) is 0 Å². The maximum Gasteiger partial charge on any atom is 0.339 e. The van der Waals surface area contributed by atoms with Crippen LogP contribution >= 0.6 is 0 Å². The summed E-state index contributed by atoms with van der Waals surface area (Å²) in [5, 5.41) is 0. The molecular formula is C23H28O10. The minimum absolute atomic E-state index is 0.315. The summed E-state index contributed by atoms with van der Waals surface area (Å²) in [6, 6.07) is 7.97. The van der Waals surface area contributed by atoms with Gasteiger partial charge in [0.05, 0.1) is 13.2 Å². The third-order valence-corrected chi connectivity index (χ3v) is 5.46. The topological polar surface area (TPSA) is 124 Å². The van der Waals surface area contributed by atoms with Crippen LogP contribution in [0.5, 0.6) is 0 Å². The maximum absolute atomic E-state index is 12.5. The van der Waals surface area contributed by atoms with Crippen LogP contribution in [0.15, 0.2) is 24.3 Å². The van der Waals surface area contributed by atoms with E-state index >= 15 is 0 Å². The Morgan fingerprint density at radius 1 is 0.848 bits per heavy atom. The van der Waals surface area contributed by atoms with Crippen molar-refractivity contribution in [2.45, 2.75) is 76.8 Å². The molecule has 0 aromatic heterocycles. The summed E-state index contributed by atoms with van der Waals surface area (Å²) in [4.78, 5) is 47.9. The molecule has 1 aliphatic heterocycles. The van der Waals surface area contributed by atoms with E-state index in [-0.39, 0.29) is 6.10 Å². The van der Waals surface area contributed by atoms with E-state index in [1.807, 2.05) is 18.2 Å². The smallest absolute Gasteiger partial charge is 0.339 e. The molecule has 1 saturated heterocycles. The monoisotopic (exact) mass is 464 g/mol. The zero-order valence-electron chi connectivity index (χ0n) is 19.0. The Labute approximate surface area is 191 Å². The van der Waals surface area contributed by atoms with Gasteiger partial charge in [0.1, 0.15) is 0 Å². The molecule has 0 bridgehead atoms. The van der Waals surface area contributed by atoms with Crippen molar-refractivity contribution in [2.24, 2.45) is 0 Å². The van der Waals surface area contributed by atoms with E-state index in [1.54, 1.807) is 0 Å². The third kappa shape index (κ3) is 6.08. The molecule has 33 heavy (non-hydrogen) atoms. The second kappa shape index (κ2) is 10.8. The Hall–Kier alpha value is -2.98. The van der Waals surface area contributed by atoms with E-state index in [4.69, 9.17) is 28.4 Å². The molecule has 6 unspecified atom stereocenters. The summed E-state index contributed by atoms with van der Waals surface area (Å²) in [5.41, 5.74) is 2.34. The van der Waals surface area contributed by atoms with Crippen LogP contribution < -0.4 is 0 Å². The lowest BCUT2D eigenvalue weighted by Gasteiger charge is -2.44. The Kier molecular flexibility index (Phi) is 8.04. The molecule has 3 rings (SSSR count). The fraction of sp³-hybridized carbons (Fsp3) is 0.565. The lowest BCUT2D eigenvalue weighted by atomic mass is 9.89. The summed E-state index contributed by atoms with van der Waals surface area (Å²) in [5.74, 6) is -3.03. The number of hydrogen-bond acceptors (Lipinski definition) is 10. The number of benzene rings is 1. The van der Waals surface area contributed by atoms with Gasteiger partial charge in [-0.15, -0.1) is 0 Å². The summed E-state index contributed by atoms with van der Waals surface area (Å²) in [6.45, 7) is 3.44. The Balaban J connectivity index is 1.92. The first-order chi connectivity index (χ1) is 15.7. The highest BCUT2D eigenvalue weighted by Crippen LogP contribution is 2.33. The van der Waals surface area contributed by atoms with Crippen molar-refractivity contribution in [2.75, 3.05) is 7.11 Å². The number of carbonyl (C=O) groups excluding carboxylic acids is 4. The normalized spacial score (nSPS) is 28.7. The van der Waals surface area contributed by atoms with Gasteiger partial charge in [-0.3, -0.25) is 14.4 Å². The van der Waals surface area contributed by atoms with Crippen LogP contribution in [0.25, 0.3) is 0 Å². The summed E-state index contributed by atoms with van der Waals surface area (Å²) in [7, 11) is 1.14. The van der Waals surface area contributed by atoms with Crippen molar-refractivity contribution in [1.82, 2.24) is 0 Å². The molecule has 0 amide bonds. The molecule has 0 spiro atoms. The highest BCUT2D eigenvalue weighted by Gasteiger charge is 2.55. The zero-order valence-corrected chi connectivity index (χ0v) is 19.0. The van der Waals surface area contributed by atoms with Crippen molar-refractivity contribution in [3.05, 3.63) is 35.4 Å². The summed E-state index contributed by atoms with van der Waals surface area (Å²) in [6.07, 6.45) is -5.08. The Bertz CT molecular complexity index is 897. The second-order valence-electron chi connectivity index (χ2n) is 7.94. The number of ether oxygens (including phenoxy) is 6. The fourth-order valence-corrected chi connectivity index (χ4v) is 4.16. The number of fused-ring (bicyclic) bond motifs is 1. The average molecular weight is 464 g/mol. The number of carbonyl (C=O) groups is 4. The molecule has 180 valence electrons. The molecule has 1 heterocycles. The summed E-state index contributed by atoms with van der Waals surface area (Å²) >= 11 is 0. The quantitative estimate of drug-likeness (QED) is 0.449. The molecule has 10 heteroatoms. The highest BCUT2D eigenvalue weighted by atomic mass is 16.7. The Morgan fingerprint density at radius 2 is 1.42 bits per heavy atom. The lowest BCUT2D eigenvalue weighted by molar-refractivity contribution is -0.310.